The fourth-order valence-corrected chi connectivity index (χ4v) is 13.1. The number of rotatable bonds is 10. The number of hydrogen-bond donors (Lipinski definition) is 1. The molecule has 14 rings (SSSR count). The molecule has 348 valence electrons. The molecule has 0 saturated heterocycles. The van der Waals surface area contributed by atoms with E-state index in [0.29, 0.717) is 0 Å². The van der Waals surface area contributed by atoms with Crippen molar-refractivity contribution in [3.63, 3.8) is 0 Å². The molecule has 2 nitrogen and oxygen atoms in total. The fraction of sp³-hybridized carbons (Fsp3) is 0.0141. The zero-order chi connectivity index (χ0) is 49.0. The van der Waals surface area contributed by atoms with E-state index in [0.717, 1.165) is 39.6 Å². The molecular formula is C71H48N2S. The SMILES string of the molecule is c1ccc(-c2ccccc2Nc2cccc(-c3ccc(N(c4ccc(-c5cccc6c5sc5c7ccccc7ccc65)cc4)c4ccc5c(c4)C(c4ccccc4)(c4ccccc4)c4ccccc4-5)cc3)c2)cc1. The summed E-state index contributed by atoms with van der Waals surface area (Å²) in [4.78, 5) is 2.43. The molecule has 0 fully saturated rings. The normalized spacial score (nSPS) is 12.4. The summed E-state index contributed by atoms with van der Waals surface area (Å²) < 4.78 is 2.66. The number of para-hydroxylation sites is 1. The third-order valence-corrected chi connectivity index (χ3v) is 16.4. The van der Waals surface area contributed by atoms with Crippen LogP contribution in [0.1, 0.15) is 22.3 Å². The number of benzene rings is 12. The van der Waals surface area contributed by atoms with Gasteiger partial charge in [0.25, 0.3) is 0 Å². The van der Waals surface area contributed by atoms with E-state index in [2.05, 4.69) is 295 Å². The largest absolute Gasteiger partial charge is 0.355 e. The van der Waals surface area contributed by atoms with Crippen LogP contribution in [0, 0.1) is 0 Å². The number of anilines is 5. The zero-order valence-electron chi connectivity index (χ0n) is 40.5. The van der Waals surface area contributed by atoms with E-state index in [1.54, 1.807) is 0 Å². The molecule has 0 unspecified atom stereocenters. The molecule has 1 N–H and O–H groups in total. The van der Waals surface area contributed by atoms with Crippen molar-refractivity contribution in [2.45, 2.75) is 5.41 Å². The lowest BCUT2D eigenvalue weighted by Crippen LogP contribution is -2.28. The highest BCUT2D eigenvalue weighted by Gasteiger charge is 2.46. The number of thiophene rings is 1. The van der Waals surface area contributed by atoms with Gasteiger partial charge in [-0.25, -0.2) is 0 Å². The van der Waals surface area contributed by atoms with Gasteiger partial charge in [-0.2, -0.15) is 0 Å². The first-order valence-electron chi connectivity index (χ1n) is 25.4. The lowest BCUT2D eigenvalue weighted by atomic mass is 9.67. The summed E-state index contributed by atoms with van der Waals surface area (Å²) in [5, 5.41) is 8.94. The number of fused-ring (bicyclic) bond motifs is 8. The maximum absolute atomic E-state index is 3.74. The highest BCUT2D eigenvalue weighted by atomic mass is 32.1. The Balaban J connectivity index is 0.893. The molecule has 3 heteroatoms. The van der Waals surface area contributed by atoms with Crippen molar-refractivity contribution < 1.29 is 0 Å². The summed E-state index contributed by atoms with van der Waals surface area (Å²) >= 11 is 1.90. The lowest BCUT2D eigenvalue weighted by molar-refractivity contribution is 0.768. The van der Waals surface area contributed by atoms with E-state index < -0.39 is 5.41 Å². The summed E-state index contributed by atoms with van der Waals surface area (Å²) in [6, 6.07) is 104. The van der Waals surface area contributed by atoms with Gasteiger partial charge in [0.2, 0.25) is 0 Å². The van der Waals surface area contributed by atoms with Crippen LogP contribution in [0.3, 0.4) is 0 Å². The van der Waals surface area contributed by atoms with Crippen molar-refractivity contribution in [1.29, 1.82) is 0 Å². The minimum Gasteiger partial charge on any atom is -0.355 e. The Morgan fingerprint density at radius 2 is 0.851 bits per heavy atom. The first kappa shape index (κ1) is 43.5. The van der Waals surface area contributed by atoms with Crippen LogP contribution in [-0.4, -0.2) is 0 Å². The van der Waals surface area contributed by atoms with Crippen LogP contribution in [0.25, 0.3) is 75.5 Å². The summed E-state index contributed by atoms with van der Waals surface area (Å²) in [5.74, 6) is 0. The van der Waals surface area contributed by atoms with Gasteiger partial charge < -0.3 is 10.2 Å². The molecule has 1 heterocycles. The molecular weight excluding hydrogens is 913 g/mol. The van der Waals surface area contributed by atoms with Crippen LogP contribution in [-0.2, 0) is 5.41 Å². The second-order valence-corrected chi connectivity index (χ2v) is 20.3. The van der Waals surface area contributed by atoms with Gasteiger partial charge in [0.05, 0.1) is 5.41 Å². The molecule has 1 aliphatic carbocycles. The Hall–Kier alpha value is -9.28. The van der Waals surface area contributed by atoms with Crippen LogP contribution in [0.5, 0.6) is 0 Å². The molecule has 0 amide bonds. The van der Waals surface area contributed by atoms with Crippen LogP contribution in [0.2, 0.25) is 0 Å². The standard InChI is InChI=1S/C71H48N2S/c1-4-18-49(19-5-1)59-27-13-15-33-68(59)72-55-26-16-21-52(46-55)48-34-39-56(40-35-48)73(57-41-36-51(37-42-57)61-30-17-31-64-65-44-38-50-20-10-11-28-60(50)70(65)74-69(61)64)58-43-45-63-62-29-12-14-32-66(62)71(67(63)47-58,53-22-6-2-7-23-53)54-24-8-3-9-25-54/h1-47,72H. The van der Waals surface area contributed by atoms with Gasteiger partial charge in [0.15, 0.2) is 0 Å². The zero-order valence-corrected chi connectivity index (χ0v) is 41.3. The van der Waals surface area contributed by atoms with Gasteiger partial charge in [0.1, 0.15) is 0 Å². The Morgan fingerprint density at radius 3 is 1.61 bits per heavy atom. The van der Waals surface area contributed by atoms with Gasteiger partial charge in [-0.3, -0.25) is 0 Å². The van der Waals surface area contributed by atoms with Crippen LogP contribution >= 0.6 is 11.3 Å². The van der Waals surface area contributed by atoms with Crippen LogP contribution < -0.4 is 10.2 Å². The van der Waals surface area contributed by atoms with E-state index in [1.807, 2.05) is 11.3 Å². The van der Waals surface area contributed by atoms with Gasteiger partial charge in [-0.05, 0) is 127 Å². The third kappa shape index (κ3) is 7.24. The summed E-state index contributed by atoms with van der Waals surface area (Å²) in [6.45, 7) is 0. The molecule has 0 aliphatic heterocycles. The van der Waals surface area contributed by atoms with E-state index in [1.165, 1.54) is 86.6 Å². The second kappa shape index (κ2) is 18.1. The van der Waals surface area contributed by atoms with E-state index in [9.17, 15) is 0 Å². The van der Waals surface area contributed by atoms with Gasteiger partial charge in [0, 0.05) is 54.2 Å². The van der Waals surface area contributed by atoms with Gasteiger partial charge in [-0.1, -0.05) is 231 Å². The Bertz CT molecular complexity index is 4160. The minimum atomic E-state index is -0.529. The molecule has 0 spiro atoms. The molecule has 0 atom stereocenters. The average Bonchev–Trinajstić information content (AvgIpc) is 4.02. The van der Waals surface area contributed by atoms with Crippen LogP contribution in [0.4, 0.5) is 28.4 Å². The van der Waals surface area contributed by atoms with Crippen molar-refractivity contribution >= 4 is 70.7 Å². The first-order chi connectivity index (χ1) is 36.7. The molecule has 0 radical (unpaired) electrons. The predicted molar refractivity (Wildman–Crippen MR) is 315 cm³/mol. The second-order valence-electron chi connectivity index (χ2n) is 19.3. The van der Waals surface area contributed by atoms with Crippen molar-refractivity contribution in [2.75, 3.05) is 10.2 Å². The molecule has 13 aromatic rings. The molecule has 0 saturated carbocycles. The Kier molecular flexibility index (Phi) is 10.6. The van der Waals surface area contributed by atoms with E-state index >= 15 is 0 Å². The van der Waals surface area contributed by atoms with Gasteiger partial charge >= 0.3 is 0 Å². The minimum absolute atomic E-state index is 0.529. The monoisotopic (exact) mass is 960 g/mol. The number of nitrogens with one attached hydrogen (secondary N) is 1. The van der Waals surface area contributed by atoms with E-state index in [-0.39, 0.29) is 0 Å². The number of nitrogens with zero attached hydrogens (tertiary/aromatic N) is 1. The molecule has 0 bridgehead atoms. The quantitative estimate of drug-likeness (QED) is 0.147. The number of hydrogen-bond acceptors (Lipinski definition) is 3. The summed E-state index contributed by atoms with van der Waals surface area (Å²) in [7, 11) is 0. The van der Waals surface area contributed by atoms with Crippen molar-refractivity contribution in [3.8, 4) is 44.5 Å². The smallest absolute Gasteiger partial charge is 0.0714 e. The van der Waals surface area contributed by atoms with Crippen LogP contribution in [0.15, 0.2) is 285 Å². The highest BCUT2D eigenvalue weighted by Crippen LogP contribution is 2.57. The Morgan fingerprint density at radius 1 is 0.311 bits per heavy atom. The summed E-state index contributed by atoms with van der Waals surface area (Å²) in [5.41, 5.74) is 19.5. The van der Waals surface area contributed by atoms with Crippen molar-refractivity contribution in [3.05, 3.63) is 307 Å². The topological polar surface area (TPSA) is 15.3 Å². The molecule has 1 aromatic heterocycles. The highest BCUT2D eigenvalue weighted by molar-refractivity contribution is 7.27. The summed E-state index contributed by atoms with van der Waals surface area (Å²) in [6.07, 6.45) is 0. The molecule has 1 aliphatic rings. The third-order valence-electron chi connectivity index (χ3n) is 15.1. The maximum atomic E-state index is 3.74. The molecule has 74 heavy (non-hydrogen) atoms. The van der Waals surface area contributed by atoms with Crippen molar-refractivity contribution in [1.82, 2.24) is 0 Å². The maximum Gasteiger partial charge on any atom is 0.0714 e. The fourth-order valence-electron chi connectivity index (χ4n) is 11.8. The first-order valence-corrected chi connectivity index (χ1v) is 26.2. The van der Waals surface area contributed by atoms with Gasteiger partial charge in [-0.15, -0.1) is 11.3 Å². The lowest BCUT2D eigenvalue weighted by Gasteiger charge is -2.35. The molecule has 12 aromatic carbocycles. The Labute approximate surface area is 435 Å². The predicted octanol–water partition coefficient (Wildman–Crippen LogP) is 19.8. The average molecular weight is 961 g/mol. The van der Waals surface area contributed by atoms with E-state index in [4.69, 9.17) is 0 Å². The van der Waals surface area contributed by atoms with Crippen molar-refractivity contribution in [2.24, 2.45) is 0 Å².